The molecule has 1 aliphatic rings. The van der Waals surface area contributed by atoms with Crippen LogP contribution in [-0.4, -0.2) is 17.6 Å². The Bertz CT molecular complexity index is 538. The molecule has 90 valence electrons. The highest BCUT2D eigenvalue weighted by molar-refractivity contribution is 6.32. The lowest BCUT2D eigenvalue weighted by molar-refractivity contribution is 0.605. The third kappa shape index (κ3) is 1.96. The van der Waals surface area contributed by atoms with E-state index in [1.807, 2.05) is 6.07 Å². The summed E-state index contributed by atoms with van der Waals surface area (Å²) in [6, 6.07) is 4.77. The average Bonchev–Trinajstić information content (AvgIpc) is 2.95. The van der Waals surface area contributed by atoms with Gasteiger partial charge in [0, 0.05) is 22.6 Å². The van der Waals surface area contributed by atoms with Crippen molar-refractivity contribution in [3.05, 3.63) is 34.5 Å². The van der Waals surface area contributed by atoms with Crippen molar-refractivity contribution in [2.45, 2.75) is 32.2 Å². The van der Waals surface area contributed by atoms with Crippen LogP contribution >= 0.6 is 11.6 Å². The number of aryl methyl sites for hydroxylation is 1. The highest BCUT2D eigenvalue weighted by Crippen LogP contribution is 2.28. The number of halogens is 1. The maximum absolute atomic E-state index is 6.13. The lowest BCUT2D eigenvalue weighted by Crippen LogP contribution is -2.23. The van der Waals surface area contributed by atoms with Crippen LogP contribution < -0.4 is 5.32 Å². The van der Waals surface area contributed by atoms with Gasteiger partial charge in [0.2, 0.25) is 0 Å². The molecule has 2 heterocycles. The molecule has 17 heavy (non-hydrogen) atoms. The van der Waals surface area contributed by atoms with Gasteiger partial charge in [0.15, 0.2) is 0 Å². The molecule has 0 aliphatic carbocycles. The number of rotatable bonds is 2. The number of H-pyrrole nitrogens is 1. The Hall–Kier alpha value is -0.990. The van der Waals surface area contributed by atoms with E-state index in [2.05, 4.69) is 29.5 Å². The number of hydrogen-bond donors (Lipinski definition) is 2. The average molecular weight is 249 g/mol. The van der Waals surface area contributed by atoms with Gasteiger partial charge in [0.25, 0.3) is 0 Å². The molecule has 2 aromatic rings. The molecule has 3 rings (SSSR count). The highest BCUT2D eigenvalue weighted by Gasteiger charge is 2.16. The summed E-state index contributed by atoms with van der Waals surface area (Å²) in [6.07, 6.45) is 5.84. The van der Waals surface area contributed by atoms with Gasteiger partial charge >= 0.3 is 0 Å². The normalized spacial score (nSPS) is 20.2. The molecule has 1 aliphatic heterocycles. The predicted octanol–water partition coefficient (Wildman–Crippen LogP) is 3.42. The third-order valence-corrected chi connectivity index (χ3v) is 4.17. The smallest absolute Gasteiger partial charge is 0.0501 e. The number of benzene rings is 1. The summed E-state index contributed by atoms with van der Waals surface area (Å²) < 4.78 is 0. The zero-order chi connectivity index (χ0) is 11.8. The largest absolute Gasteiger partial charge is 0.361 e. The Balaban J connectivity index is 1.97. The van der Waals surface area contributed by atoms with E-state index < -0.39 is 0 Å². The van der Waals surface area contributed by atoms with Gasteiger partial charge in [-0.15, -0.1) is 0 Å². The summed E-state index contributed by atoms with van der Waals surface area (Å²) in [4.78, 5) is 3.36. The van der Waals surface area contributed by atoms with Gasteiger partial charge in [0.05, 0.1) is 5.52 Å². The van der Waals surface area contributed by atoms with E-state index in [1.54, 1.807) is 0 Å². The second-order valence-electron chi connectivity index (χ2n) is 4.91. The first kappa shape index (κ1) is 11.1. The van der Waals surface area contributed by atoms with E-state index in [9.17, 15) is 0 Å². The Morgan fingerprint density at radius 2 is 2.29 bits per heavy atom. The minimum Gasteiger partial charge on any atom is -0.361 e. The number of aromatic amines is 1. The molecule has 1 saturated heterocycles. The van der Waals surface area contributed by atoms with Gasteiger partial charge in [-0.05, 0) is 49.9 Å². The van der Waals surface area contributed by atoms with E-state index in [1.165, 1.54) is 29.3 Å². The van der Waals surface area contributed by atoms with E-state index >= 15 is 0 Å². The van der Waals surface area contributed by atoms with E-state index in [4.69, 9.17) is 11.6 Å². The molecular formula is C14H17ClN2. The summed E-state index contributed by atoms with van der Waals surface area (Å²) in [5, 5.41) is 5.70. The van der Waals surface area contributed by atoms with Gasteiger partial charge < -0.3 is 10.3 Å². The van der Waals surface area contributed by atoms with E-state index in [0.29, 0.717) is 6.04 Å². The molecule has 1 atom stereocenters. The van der Waals surface area contributed by atoms with Crippen molar-refractivity contribution in [1.82, 2.24) is 10.3 Å². The molecular weight excluding hydrogens is 232 g/mol. The van der Waals surface area contributed by atoms with Crippen LogP contribution in [-0.2, 0) is 6.42 Å². The van der Waals surface area contributed by atoms with Crippen molar-refractivity contribution in [2.75, 3.05) is 6.54 Å². The molecule has 0 bridgehead atoms. The lowest BCUT2D eigenvalue weighted by atomic mass is 10.0. The van der Waals surface area contributed by atoms with Crippen molar-refractivity contribution in [2.24, 2.45) is 0 Å². The maximum Gasteiger partial charge on any atom is 0.0501 e. The fourth-order valence-corrected chi connectivity index (χ4v) is 2.90. The second-order valence-corrected chi connectivity index (χ2v) is 5.31. The van der Waals surface area contributed by atoms with Gasteiger partial charge in [-0.2, -0.15) is 0 Å². The number of nitrogens with one attached hydrogen (secondary N) is 2. The van der Waals surface area contributed by atoms with Crippen molar-refractivity contribution < 1.29 is 0 Å². The zero-order valence-corrected chi connectivity index (χ0v) is 10.8. The first-order valence-electron chi connectivity index (χ1n) is 6.24. The molecule has 0 saturated carbocycles. The van der Waals surface area contributed by atoms with Gasteiger partial charge in [0.1, 0.15) is 0 Å². The minimum absolute atomic E-state index is 0.644. The molecule has 0 amide bonds. The monoisotopic (exact) mass is 248 g/mol. The second kappa shape index (κ2) is 4.35. The molecule has 1 aromatic carbocycles. The van der Waals surface area contributed by atoms with Gasteiger partial charge in [-0.1, -0.05) is 17.7 Å². The minimum atomic E-state index is 0.644. The summed E-state index contributed by atoms with van der Waals surface area (Å²) in [5.41, 5.74) is 3.74. The molecule has 3 heteroatoms. The van der Waals surface area contributed by atoms with Crippen molar-refractivity contribution in [3.63, 3.8) is 0 Å². The molecule has 0 radical (unpaired) electrons. The molecule has 1 unspecified atom stereocenters. The van der Waals surface area contributed by atoms with E-state index in [-0.39, 0.29) is 0 Å². The summed E-state index contributed by atoms with van der Waals surface area (Å²) in [7, 11) is 0. The summed E-state index contributed by atoms with van der Waals surface area (Å²) >= 11 is 6.13. The van der Waals surface area contributed by atoms with Crippen molar-refractivity contribution in [1.29, 1.82) is 0 Å². The summed E-state index contributed by atoms with van der Waals surface area (Å²) in [6.45, 7) is 3.23. The molecule has 2 N–H and O–H groups in total. The Labute approximate surface area is 106 Å². The Morgan fingerprint density at radius 3 is 3.06 bits per heavy atom. The first-order chi connectivity index (χ1) is 8.25. The number of fused-ring (bicyclic) bond motifs is 1. The maximum atomic E-state index is 6.13. The Morgan fingerprint density at radius 1 is 1.41 bits per heavy atom. The van der Waals surface area contributed by atoms with Crippen LogP contribution in [0.3, 0.4) is 0 Å². The van der Waals surface area contributed by atoms with E-state index in [0.717, 1.165) is 23.6 Å². The Kier molecular flexibility index (Phi) is 2.85. The molecule has 1 fully saturated rings. The van der Waals surface area contributed by atoms with Crippen LogP contribution in [0, 0.1) is 6.92 Å². The molecule has 2 nitrogen and oxygen atoms in total. The first-order valence-corrected chi connectivity index (χ1v) is 6.62. The van der Waals surface area contributed by atoms with Crippen molar-refractivity contribution >= 4 is 22.5 Å². The topological polar surface area (TPSA) is 27.8 Å². The van der Waals surface area contributed by atoms with Crippen LogP contribution in [0.15, 0.2) is 18.3 Å². The predicted molar refractivity (Wildman–Crippen MR) is 72.8 cm³/mol. The van der Waals surface area contributed by atoms with Gasteiger partial charge in [-0.25, -0.2) is 0 Å². The van der Waals surface area contributed by atoms with Crippen LogP contribution in [0.4, 0.5) is 0 Å². The highest BCUT2D eigenvalue weighted by atomic mass is 35.5. The van der Waals surface area contributed by atoms with Crippen molar-refractivity contribution in [3.8, 4) is 0 Å². The molecule has 1 aromatic heterocycles. The lowest BCUT2D eigenvalue weighted by Gasteiger charge is -2.09. The molecule has 0 spiro atoms. The van der Waals surface area contributed by atoms with Crippen LogP contribution in [0.5, 0.6) is 0 Å². The SMILES string of the molecule is Cc1c(Cl)ccc2c(CC3CCCN3)c[nH]c12. The van der Waals surface area contributed by atoms with Gasteiger partial charge in [-0.3, -0.25) is 0 Å². The van der Waals surface area contributed by atoms with Crippen LogP contribution in [0.25, 0.3) is 10.9 Å². The van der Waals surface area contributed by atoms with Crippen LogP contribution in [0.2, 0.25) is 5.02 Å². The zero-order valence-electron chi connectivity index (χ0n) is 10.0. The summed E-state index contributed by atoms with van der Waals surface area (Å²) in [5.74, 6) is 0. The fraction of sp³-hybridized carbons (Fsp3) is 0.429. The number of aromatic nitrogens is 1. The fourth-order valence-electron chi connectivity index (χ4n) is 2.74. The standard InChI is InChI=1S/C14H17ClN2/c1-9-13(15)5-4-12-10(8-17-14(9)12)7-11-3-2-6-16-11/h4-5,8,11,16-17H,2-3,6-7H2,1H3. The van der Waals surface area contributed by atoms with Crippen LogP contribution in [0.1, 0.15) is 24.0 Å². The number of hydrogen-bond acceptors (Lipinski definition) is 1. The quantitative estimate of drug-likeness (QED) is 0.838. The third-order valence-electron chi connectivity index (χ3n) is 3.76.